The number of amides is 1. The van der Waals surface area contributed by atoms with Crippen molar-refractivity contribution in [1.29, 1.82) is 0 Å². The molecule has 1 atom stereocenters. The minimum Gasteiger partial charge on any atom is -0.332 e. The molecule has 6 heteroatoms. The number of fused-ring (bicyclic) bond motifs is 1. The van der Waals surface area contributed by atoms with Gasteiger partial charge in [-0.3, -0.25) is 4.79 Å². The van der Waals surface area contributed by atoms with Crippen molar-refractivity contribution in [2.24, 2.45) is 11.1 Å². The van der Waals surface area contributed by atoms with Crippen LogP contribution in [0.4, 0.5) is 0 Å². The lowest BCUT2D eigenvalue weighted by Crippen LogP contribution is -2.52. The van der Waals surface area contributed by atoms with E-state index < -0.39 is 6.04 Å². The van der Waals surface area contributed by atoms with Crippen molar-refractivity contribution in [3.8, 4) is 11.4 Å². The van der Waals surface area contributed by atoms with Crippen LogP contribution in [0.3, 0.4) is 0 Å². The third-order valence-corrected chi connectivity index (χ3v) is 4.30. The molecule has 1 aliphatic rings. The van der Waals surface area contributed by atoms with E-state index in [1.54, 1.807) is 4.90 Å². The Labute approximate surface area is 136 Å². The molecule has 0 saturated heterocycles. The van der Waals surface area contributed by atoms with Crippen molar-refractivity contribution >= 4 is 5.91 Å². The summed E-state index contributed by atoms with van der Waals surface area (Å²) in [5.41, 5.74) is 6.89. The number of nitrogens with two attached hydrogens (primary N) is 1. The molecule has 2 aromatic rings. The third-order valence-electron chi connectivity index (χ3n) is 4.30. The van der Waals surface area contributed by atoms with Crippen LogP contribution in [0.1, 0.15) is 26.6 Å². The molecular formula is C17H23N5O. The van der Waals surface area contributed by atoms with Crippen LogP contribution < -0.4 is 5.73 Å². The van der Waals surface area contributed by atoms with Gasteiger partial charge >= 0.3 is 0 Å². The molecule has 1 aromatic heterocycles. The Morgan fingerprint density at radius 1 is 1.17 bits per heavy atom. The molecule has 1 aromatic carbocycles. The lowest BCUT2D eigenvalue weighted by Gasteiger charge is -2.34. The van der Waals surface area contributed by atoms with Gasteiger partial charge in [-0.25, -0.2) is 0 Å². The standard InChI is InChI=1S/C17H23N5O/c1-17(2,3)14(18)16(23)21-9-10-22-13(11-21)19-20-15(22)12-7-5-4-6-8-12/h4-8,14H,9-11,18H2,1-3H3/t14-/m1/s1. The van der Waals surface area contributed by atoms with Crippen LogP contribution in [0, 0.1) is 5.41 Å². The number of benzene rings is 1. The molecule has 1 aliphatic heterocycles. The minimum atomic E-state index is -0.509. The molecule has 0 bridgehead atoms. The van der Waals surface area contributed by atoms with Crippen LogP contribution in [0.25, 0.3) is 11.4 Å². The van der Waals surface area contributed by atoms with E-state index in [0.717, 1.165) is 17.2 Å². The van der Waals surface area contributed by atoms with Gasteiger partial charge in [0.1, 0.15) is 0 Å². The van der Waals surface area contributed by atoms with Crippen LogP contribution in [-0.2, 0) is 17.9 Å². The van der Waals surface area contributed by atoms with E-state index in [-0.39, 0.29) is 11.3 Å². The highest BCUT2D eigenvalue weighted by Crippen LogP contribution is 2.24. The lowest BCUT2D eigenvalue weighted by molar-refractivity contribution is -0.136. The summed E-state index contributed by atoms with van der Waals surface area (Å²) >= 11 is 0. The van der Waals surface area contributed by atoms with E-state index in [1.165, 1.54) is 0 Å². The number of hydrogen-bond acceptors (Lipinski definition) is 4. The van der Waals surface area contributed by atoms with E-state index >= 15 is 0 Å². The molecule has 2 N–H and O–H groups in total. The van der Waals surface area contributed by atoms with Crippen LogP contribution in [0.2, 0.25) is 0 Å². The predicted octanol–water partition coefficient (Wildman–Crippen LogP) is 1.66. The first-order valence-electron chi connectivity index (χ1n) is 7.90. The summed E-state index contributed by atoms with van der Waals surface area (Å²) in [5, 5.41) is 8.56. The Morgan fingerprint density at radius 2 is 1.87 bits per heavy atom. The summed E-state index contributed by atoms with van der Waals surface area (Å²) in [5.74, 6) is 1.64. The van der Waals surface area contributed by atoms with Gasteiger partial charge in [-0.15, -0.1) is 10.2 Å². The van der Waals surface area contributed by atoms with Gasteiger partial charge in [0.25, 0.3) is 0 Å². The average molecular weight is 313 g/mol. The van der Waals surface area contributed by atoms with Crippen molar-refractivity contribution in [2.45, 2.75) is 39.9 Å². The lowest BCUT2D eigenvalue weighted by atomic mass is 9.86. The summed E-state index contributed by atoms with van der Waals surface area (Å²) in [6.45, 7) is 7.73. The summed E-state index contributed by atoms with van der Waals surface area (Å²) in [6.07, 6.45) is 0. The third kappa shape index (κ3) is 2.99. The molecule has 0 fully saturated rings. The van der Waals surface area contributed by atoms with Gasteiger partial charge in [-0.2, -0.15) is 0 Å². The van der Waals surface area contributed by atoms with E-state index in [0.29, 0.717) is 19.6 Å². The normalized spacial score (nSPS) is 16.1. The van der Waals surface area contributed by atoms with E-state index in [9.17, 15) is 4.79 Å². The zero-order chi connectivity index (χ0) is 16.6. The van der Waals surface area contributed by atoms with E-state index in [1.807, 2.05) is 51.1 Å². The molecular weight excluding hydrogens is 290 g/mol. The fraction of sp³-hybridized carbons (Fsp3) is 0.471. The number of hydrogen-bond donors (Lipinski definition) is 1. The summed E-state index contributed by atoms with van der Waals surface area (Å²) < 4.78 is 2.09. The van der Waals surface area contributed by atoms with E-state index in [4.69, 9.17) is 5.73 Å². The first kappa shape index (κ1) is 15.7. The second-order valence-corrected chi connectivity index (χ2v) is 7.06. The maximum Gasteiger partial charge on any atom is 0.240 e. The fourth-order valence-corrected chi connectivity index (χ4v) is 2.71. The number of nitrogens with zero attached hydrogens (tertiary/aromatic N) is 4. The molecule has 0 aliphatic carbocycles. The van der Waals surface area contributed by atoms with Crippen LogP contribution in [0.15, 0.2) is 30.3 Å². The molecule has 1 amide bonds. The zero-order valence-corrected chi connectivity index (χ0v) is 13.9. The molecule has 0 radical (unpaired) electrons. The number of aromatic nitrogens is 3. The van der Waals surface area contributed by atoms with Gasteiger partial charge < -0.3 is 15.2 Å². The smallest absolute Gasteiger partial charge is 0.240 e. The van der Waals surface area contributed by atoms with Crippen molar-refractivity contribution in [3.63, 3.8) is 0 Å². The Kier molecular flexibility index (Phi) is 3.93. The first-order chi connectivity index (χ1) is 10.9. The average Bonchev–Trinajstić information content (AvgIpc) is 2.96. The molecule has 122 valence electrons. The van der Waals surface area contributed by atoms with Gasteiger partial charge in [-0.1, -0.05) is 51.1 Å². The second kappa shape index (κ2) is 5.77. The Hall–Kier alpha value is -2.21. The van der Waals surface area contributed by atoms with Gasteiger partial charge in [0.2, 0.25) is 5.91 Å². The zero-order valence-electron chi connectivity index (χ0n) is 13.9. The molecule has 0 saturated carbocycles. The molecule has 6 nitrogen and oxygen atoms in total. The molecule has 3 rings (SSSR count). The van der Waals surface area contributed by atoms with Crippen LogP contribution >= 0.6 is 0 Å². The van der Waals surface area contributed by atoms with Crippen LogP contribution in [0.5, 0.6) is 0 Å². The van der Waals surface area contributed by atoms with E-state index in [2.05, 4.69) is 14.8 Å². The molecule has 0 unspecified atom stereocenters. The maximum atomic E-state index is 12.6. The van der Waals surface area contributed by atoms with Gasteiger partial charge in [0.05, 0.1) is 12.6 Å². The molecule has 0 spiro atoms. The highest BCUT2D eigenvalue weighted by atomic mass is 16.2. The predicted molar refractivity (Wildman–Crippen MR) is 88.3 cm³/mol. The van der Waals surface area contributed by atoms with Crippen molar-refractivity contribution < 1.29 is 4.79 Å². The fourth-order valence-electron chi connectivity index (χ4n) is 2.71. The molecule has 2 heterocycles. The Bertz CT molecular complexity index is 702. The first-order valence-corrected chi connectivity index (χ1v) is 7.90. The SMILES string of the molecule is CC(C)(C)[C@H](N)C(=O)N1CCn2c(nnc2-c2ccccc2)C1. The van der Waals surface area contributed by atoms with Crippen LogP contribution in [-0.4, -0.2) is 38.2 Å². The van der Waals surface area contributed by atoms with Gasteiger partial charge in [-0.05, 0) is 5.41 Å². The minimum absolute atomic E-state index is 0.0204. The highest BCUT2D eigenvalue weighted by Gasteiger charge is 2.33. The largest absolute Gasteiger partial charge is 0.332 e. The highest BCUT2D eigenvalue weighted by molar-refractivity contribution is 5.82. The number of rotatable bonds is 2. The topological polar surface area (TPSA) is 77.0 Å². The van der Waals surface area contributed by atoms with Gasteiger partial charge in [0, 0.05) is 18.7 Å². The summed E-state index contributed by atoms with van der Waals surface area (Å²) in [4.78, 5) is 14.4. The maximum absolute atomic E-state index is 12.6. The Balaban J connectivity index is 1.81. The summed E-state index contributed by atoms with van der Waals surface area (Å²) in [6, 6.07) is 9.47. The number of carbonyl (C=O) groups excluding carboxylic acids is 1. The van der Waals surface area contributed by atoms with Gasteiger partial charge in [0.15, 0.2) is 11.6 Å². The van der Waals surface area contributed by atoms with Crippen molar-refractivity contribution in [3.05, 3.63) is 36.2 Å². The summed E-state index contributed by atoms with van der Waals surface area (Å²) in [7, 11) is 0. The van der Waals surface area contributed by atoms with Crippen molar-refractivity contribution in [2.75, 3.05) is 6.54 Å². The number of carbonyl (C=O) groups is 1. The second-order valence-electron chi connectivity index (χ2n) is 7.06. The monoisotopic (exact) mass is 313 g/mol. The Morgan fingerprint density at radius 3 is 2.52 bits per heavy atom. The quantitative estimate of drug-likeness (QED) is 0.915. The molecule has 23 heavy (non-hydrogen) atoms. The van der Waals surface area contributed by atoms with Crippen molar-refractivity contribution in [1.82, 2.24) is 19.7 Å².